The van der Waals surface area contributed by atoms with Crippen molar-refractivity contribution in [2.24, 2.45) is 0 Å². The predicted octanol–water partition coefficient (Wildman–Crippen LogP) is 1.58. The second-order valence-corrected chi connectivity index (χ2v) is 3.44. The molecule has 1 atom stereocenters. The zero-order chi connectivity index (χ0) is 12.8. The summed E-state index contributed by atoms with van der Waals surface area (Å²) in [5.74, 6) is -0.270. The van der Waals surface area contributed by atoms with Crippen molar-refractivity contribution in [1.29, 1.82) is 0 Å². The van der Waals surface area contributed by atoms with Gasteiger partial charge in [0.1, 0.15) is 5.69 Å². The molecule has 17 heavy (non-hydrogen) atoms. The van der Waals surface area contributed by atoms with E-state index in [2.05, 4.69) is 10.3 Å². The number of amides is 1. The number of hydrogen-bond acceptors (Lipinski definition) is 3. The number of pyridine rings is 1. The monoisotopic (exact) mass is 244 g/mol. The van der Waals surface area contributed by atoms with Crippen LogP contribution in [0.15, 0.2) is 18.2 Å². The molecule has 0 fully saturated rings. The maximum atomic E-state index is 12.4. The van der Waals surface area contributed by atoms with Gasteiger partial charge in [-0.05, 0) is 12.1 Å². The Bertz CT molecular complexity index is 385. The minimum absolute atomic E-state index is 0.229. The van der Waals surface area contributed by atoms with Crippen molar-refractivity contribution >= 4 is 5.91 Å². The van der Waals surface area contributed by atoms with E-state index < -0.39 is 12.5 Å². The van der Waals surface area contributed by atoms with Crippen molar-refractivity contribution in [2.45, 2.75) is 25.8 Å². The molecule has 2 N–H and O–H groups in total. The first-order valence-electron chi connectivity index (χ1n) is 5.23. The zero-order valence-corrected chi connectivity index (χ0v) is 9.36. The molecule has 0 spiro atoms. The van der Waals surface area contributed by atoms with Gasteiger partial charge in [0.15, 0.2) is 0 Å². The number of carbonyl (C=O) groups is 1. The van der Waals surface area contributed by atoms with Crippen LogP contribution < -0.4 is 5.32 Å². The lowest BCUT2D eigenvalue weighted by Crippen LogP contribution is -2.30. The number of aliphatic hydroxyl groups is 1. The molecule has 1 amide bonds. The van der Waals surface area contributed by atoms with Gasteiger partial charge in [-0.2, -0.15) is 0 Å². The van der Waals surface area contributed by atoms with E-state index in [9.17, 15) is 13.6 Å². The standard InChI is InChI=1S/C11H14F2N2O2/c1-2-10(17)15-9(6-16)7-4-3-5-8(14-7)11(12)13/h3-5,9,11,16H,2,6H2,1H3,(H,15,17)/t9-/m1/s1. The summed E-state index contributed by atoms with van der Waals surface area (Å²) in [7, 11) is 0. The van der Waals surface area contributed by atoms with Crippen molar-refractivity contribution in [2.75, 3.05) is 6.61 Å². The zero-order valence-electron chi connectivity index (χ0n) is 9.36. The van der Waals surface area contributed by atoms with E-state index in [1.54, 1.807) is 6.92 Å². The van der Waals surface area contributed by atoms with Crippen LogP contribution in [0.2, 0.25) is 0 Å². The van der Waals surface area contributed by atoms with Crippen LogP contribution in [0.5, 0.6) is 0 Å². The minimum Gasteiger partial charge on any atom is -0.394 e. The van der Waals surface area contributed by atoms with Gasteiger partial charge in [-0.3, -0.25) is 4.79 Å². The Balaban J connectivity index is 2.88. The molecule has 0 aromatic carbocycles. The molecule has 1 heterocycles. The van der Waals surface area contributed by atoms with Gasteiger partial charge in [-0.1, -0.05) is 13.0 Å². The fraction of sp³-hybridized carbons (Fsp3) is 0.455. The summed E-state index contributed by atoms with van der Waals surface area (Å²) in [5.41, 5.74) is -0.140. The summed E-state index contributed by atoms with van der Waals surface area (Å²) in [6.45, 7) is 1.28. The fourth-order valence-electron chi connectivity index (χ4n) is 1.29. The van der Waals surface area contributed by atoms with Gasteiger partial charge in [0.25, 0.3) is 6.43 Å². The molecule has 6 heteroatoms. The largest absolute Gasteiger partial charge is 0.394 e. The predicted molar refractivity (Wildman–Crippen MR) is 57.5 cm³/mol. The van der Waals surface area contributed by atoms with Gasteiger partial charge < -0.3 is 10.4 Å². The second kappa shape index (κ2) is 6.24. The van der Waals surface area contributed by atoms with E-state index >= 15 is 0 Å². The quantitative estimate of drug-likeness (QED) is 0.826. The highest BCUT2D eigenvalue weighted by Crippen LogP contribution is 2.18. The second-order valence-electron chi connectivity index (χ2n) is 3.44. The number of alkyl halides is 2. The van der Waals surface area contributed by atoms with Gasteiger partial charge in [0.2, 0.25) is 5.91 Å². The number of nitrogens with zero attached hydrogens (tertiary/aromatic N) is 1. The summed E-state index contributed by atoms with van der Waals surface area (Å²) in [6, 6.07) is 3.36. The summed E-state index contributed by atoms with van der Waals surface area (Å²) >= 11 is 0. The third kappa shape index (κ3) is 3.74. The molecule has 0 aliphatic heterocycles. The highest BCUT2D eigenvalue weighted by Gasteiger charge is 2.16. The topological polar surface area (TPSA) is 62.2 Å². The van der Waals surface area contributed by atoms with E-state index in [1.165, 1.54) is 18.2 Å². The normalized spacial score (nSPS) is 12.5. The summed E-state index contributed by atoms with van der Waals surface area (Å²) in [6.07, 6.45) is -2.42. The van der Waals surface area contributed by atoms with Crippen molar-refractivity contribution in [1.82, 2.24) is 10.3 Å². The van der Waals surface area contributed by atoms with Crippen molar-refractivity contribution in [3.63, 3.8) is 0 Å². The molecule has 0 unspecified atom stereocenters. The lowest BCUT2D eigenvalue weighted by Gasteiger charge is -2.16. The first-order chi connectivity index (χ1) is 8.08. The number of hydrogen-bond donors (Lipinski definition) is 2. The molecule has 94 valence electrons. The first kappa shape index (κ1) is 13.5. The Labute approximate surface area is 97.7 Å². The highest BCUT2D eigenvalue weighted by molar-refractivity contribution is 5.75. The molecule has 1 rings (SSSR count). The Morgan fingerprint density at radius 3 is 2.65 bits per heavy atom. The number of nitrogens with one attached hydrogen (secondary N) is 1. The van der Waals surface area contributed by atoms with Crippen LogP contribution in [0.1, 0.15) is 37.2 Å². The number of carbonyl (C=O) groups excluding carboxylic acids is 1. The van der Waals surface area contributed by atoms with Crippen LogP contribution in [0.25, 0.3) is 0 Å². The lowest BCUT2D eigenvalue weighted by atomic mass is 10.2. The molecule has 0 radical (unpaired) electrons. The van der Waals surface area contributed by atoms with E-state index in [-0.39, 0.29) is 30.3 Å². The summed E-state index contributed by atoms with van der Waals surface area (Å²) in [5, 5.41) is 11.6. The summed E-state index contributed by atoms with van der Waals surface area (Å²) in [4.78, 5) is 14.9. The number of aromatic nitrogens is 1. The third-order valence-electron chi connectivity index (χ3n) is 2.21. The number of rotatable bonds is 5. The number of halogens is 2. The first-order valence-corrected chi connectivity index (χ1v) is 5.23. The van der Waals surface area contributed by atoms with Crippen LogP contribution >= 0.6 is 0 Å². The van der Waals surface area contributed by atoms with Crippen LogP contribution in [0, 0.1) is 0 Å². The summed E-state index contributed by atoms with van der Waals surface area (Å²) < 4.78 is 24.9. The fourth-order valence-corrected chi connectivity index (χ4v) is 1.29. The van der Waals surface area contributed by atoms with E-state index in [4.69, 9.17) is 5.11 Å². The van der Waals surface area contributed by atoms with E-state index in [1.807, 2.05) is 0 Å². The Morgan fingerprint density at radius 1 is 1.47 bits per heavy atom. The molecule has 1 aromatic rings. The van der Waals surface area contributed by atoms with Crippen molar-refractivity contribution in [3.05, 3.63) is 29.6 Å². The van der Waals surface area contributed by atoms with E-state index in [0.29, 0.717) is 0 Å². The van der Waals surface area contributed by atoms with Gasteiger partial charge >= 0.3 is 0 Å². The SMILES string of the molecule is CCC(=O)N[C@H](CO)c1cccc(C(F)F)n1. The molecule has 1 aromatic heterocycles. The van der Waals surface area contributed by atoms with Crippen LogP contribution in [-0.4, -0.2) is 22.6 Å². The smallest absolute Gasteiger partial charge is 0.280 e. The number of aliphatic hydroxyl groups excluding tert-OH is 1. The molecule has 0 saturated heterocycles. The van der Waals surface area contributed by atoms with Gasteiger partial charge in [-0.25, -0.2) is 13.8 Å². The third-order valence-corrected chi connectivity index (χ3v) is 2.21. The van der Waals surface area contributed by atoms with Crippen molar-refractivity contribution < 1.29 is 18.7 Å². The lowest BCUT2D eigenvalue weighted by molar-refractivity contribution is -0.121. The van der Waals surface area contributed by atoms with Gasteiger partial charge in [0.05, 0.1) is 18.3 Å². The van der Waals surface area contributed by atoms with Crippen LogP contribution in [-0.2, 0) is 4.79 Å². The Kier molecular flexibility index (Phi) is 4.96. The maximum absolute atomic E-state index is 12.4. The van der Waals surface area contributed by atoms with Gasteiger partial charge in [0, 0.05) is 6.42 Å². The molecule has 0 bridgehead atoms. The van der Waals surface area contributed by atoms with Crippen LogP contribution in [0.4, 0.5) is 8.78 Å². The highest BCUT2D eigenvalue weighted by atomic mass is 19.3. The average molecular weight is 244 g/mol. The Hall–Kier alpha value is -1.56. The van der Waals surface area contributed by atoms with Crippen LogP contribution in [0.3, 0.4) is 0 Å². The van der Waals surface area contributed by atoms with Gasteiger partial charge in [-0.15, -0.1) is 0 Å². The molecular formula is C11H14F2N2O2. The minimum atomic E-state index is -2.67. The molecule has 0 aliphatic carbocycles. The molecular weight excluding hydrogens is 230 g/mol. The average Bonchev–Trinajstić information content (AvgIpc) is 2.35. The molecule has 0 aliphatic rings. The van der Waals surface area contributed by atoms with E-state index in [0.717, 1.165) is 0 Å². The molecule has 4 nitrogen and oxygen atoms in total. The Morgan fingerprint density at radius 2 is 2.12 bits per heavy atom. The molecule has 0 saturated carbocycles. The maximum Gasteiger partial charge on any atom is 0.280 e. The van der Waals surface area contributed by atoms with Crippen molar-refractivity contribution in [3.8, 4) is 0 Å².